The SMILES string of the molecule is C1CN(C2CC2)CCN1.Cc1cccnc1[C@@H]1CCC[C@H](c2nc3cccc(Br)c3n2COCC[Si](C)(C)C)N1C.Cc1cccnc1[C@@H]1CCC[C@H](c2nc3cccc(N4CCN(C5CC5)CC4)c3n2COCC[Si](C)(C)C)N1C. The van der Waals surface area contributed by atoms with Gasteiger partial charge in [-0.3, -0.25) is 29.6 Å². The molecular formula is C64H97BrN12O2Si2. The lowest BCUT2D eigenvalue weighted by Gasteiger charge is -2.39. The van der Waals surface area contributed by atoms with E-state index >= 15 is 0 Å². The quantitative estimate of drug-likeness (QED) is 0.0694. The highest BCUT2D eigenvalue weighted by molar-refractivity contribution is 9.10. The fourth-order valence-electron chi connectivity index (χ4n) is 12.9. The summed E-state index contributed by atoms with van der Waals surface area (Å²) in [5.74, 6) is 2.24. The van der Waals surface area contributed by atoms with Gasteiger partial charge in [0, 0.05) is 111 Å². The molecule has 0 unspecified atom stereocenters. The van der Waals surface area contributed by atoms with Crippen LogP contribution >= 0.6 is 15.9 Å². The molecule has 6 aliphatic rings. The minimum Gasteiger partial charge on any atom is -0.367 e. The standard InChI is InChI=1S/C32H48N6OSi.C25H35BrN4OSi.C7H14N2/c1-24-9-8-16-33-30(24)27-11-7-13-29(35(27)2)32-34-26-10-6-12-28(37-19-17-36(18-20-37)25-14-15-25)31(26)38(32)23-39-21-22-40(3,4)5;1-18-9-8-14-27-23(18)21-12-7-13-22(29(21)2)25-28-20-11-6-10-19(26)24(20)30(25)17-31-15-16-32(3,4)5;1-2-7(1)9-5-3-8-4-6-9/h6,8-10,12,16,25,27,29H,7,11,13-15,17-23H2,1-5H3;6,8-11,14,21-22H,7,12-13,15-17H2,1-5H3;7-8H,1-6H2/t27-,29+;21-,22+;/m00./s1. The minimum atomic E-state index is -1.17. The van der Waals surface area contributed by atoms with Gasteiger partial charge in [0.05, 0.1) is 63.3 Å². The maximum Gasteiger partial charge on any atom is 0.129 e. The first-order chi connectivity index (χ1) is 39.0. The van der Waals surface area contributed by atoms with Crippen molar-refractivity contribution in [2.45, 2.75) is 179 Å². The Labute approximate surface area is 495 Å². The number of rotatable bonds is 17. The Balaban J connectivity index is 0.000000160. The molecule has 0 spiro atoms. The summed E-state index contributed by atoms with van der Waals surface area (Å²) >= 11 is 3.77. The summed E-state index contributed by atoms with van der Waals surface area (Å²) in [5.41, 5.74) is 10.7. The lowest BCUT2D eigenvalue weighted by atomic mass is 9.92. The van der Waals surface area contributed by atoms with Crippen molar-refractivity contribution in [3.63, 3.8) is 0 Å². The highest BCUT2D eigenvalue weighted by atomic mass is 79.9. The maximum atomic E-state index is 6.46. The number of benzene rings is 2. The summed E-state index contributed by atoms with van der Waals surface area (Å²) in [4.78, 5) is 33.0. The van der Waals surface area contributed by atoms with E-state index in [2.05, 4.69) is 171 Å². The van der Waals surface area contributed by atoms with E-state index < -0.39 is 16.1 Å². The van der Waals surface area contributed by atoms with Crippen LogP contribution in [-0.4, -0.2) is 157 Å². The monoisotopic (exact) mass is 1200 g/mol. The van der Waals surface area contributed by atoms with Gasteiger partial charge in [0.15, 0.2) is 0 Å². The molecular weight excluding hydrogens is 1100 g/mol. The van der Waals surface area contributed by atoms with E-state index in [9.17, 15) is 0 Å². The molecule has 8 heterocycles. The van der Waals surface area contributed by atoms with Crippen LogP contribution in [0.4, 0.5) is 5.69 Å². The normalized spacial score (nSPS) is 22.9. The molecule has 2 aromatic carbocycles. The van der Waals surface area contributed by atoms with Crippen molar-refractivity contribution in [1.29, 1.82) is 0 Å². The fourth-order valence-corrected chi connectivity index (χ4v) is 15.0. The van der Waals surface area contributed by atoms with E-state index in [0.717, 1.165) is 116 Å². The second kappa shape index (κ2) is 27.0. The Morgan fingerprint density at radius 2 is 1.00 bits per heavy atom. The number of halogens is 1. The number of ether oxygens (including phenoxy) is 2. The maximum absolute atomic E-state index is 6.46. The third-order valence-electron chi connectivity index (χ3n) is 18.1. The zero-order valence-corrected chi connectivity index (χ0v) is 54.6. The number of aryl methyl sites for hydroxylation is 2. The number of anilines is 1. The molecule has 6 aromatic rings. The van der Waals surface area contributed by atoms with Crippen molar-refractivity contribution in [3.05, 3.63) is 112 Å². The fraction of sp³-hybridized carbons (Fsp3) is 0.625. The van der Waals surface area contributed by atoms with Crippen molar-refractivity contribution in [1.82, 2.24) is 54.0 Å². The van der Waals surface area contributed by atoms with Crippen molar-refractivity contribution in [2.24, 2.45) is 0 Å². The molecule has 440 valence electrons. The van der Waals surface area contributed by atoms with E-state index in [1.807, 2.05) is 24.5 Å². The number of aromatic nitrogens is 6. The van der Waals surface area contributed by atoms with E-state index in [0.29, 0.717) is 25.5 Å². The van der Waals surface area contributed by atoms with Gasteiger partial charge < -0.3 is 28.8 Å². The Morgan fingerprint density at radius 1 is 0.543 bits per heavy atom. The second-order valence-electron chi connectivity index (χ2n) is 26.7. The smallest absolute Gasteiger partial charge is 0.129 e. The molecule has 4 atom stereocenters. The van der Waals surface area contributed by atoms with E-state index in [1.54, 1.807) is 0 Å². The Bertz CT molecular complexity index is 2990. The zero-order valence-electron chi connectivity index (χ0n) is 51.0. The predicted molar refractivity (Wildman–Crippen MR) is 342 cm³/mol. The minimum absolute atomic E-state index is 0.229. The van der Waals surface area contributed by atoms with Gasteiger partial charge >= 0.3 is 0 Å². The van der Waals surface area contributed by atoms with Crippen LogP contribution in [-0.2, 0) is 22.9 Å². The number of imidazole rings is 2. The van der Waals surface area contributed by atoms with Crippen LogP contribution in [0.25, 0.3) is 22.1 Å². The highest BCUT2D eigenvalue weighted by Gasteiger charge is 2.38. The second-order valence-corrected chi connectivity index (χ2v) is 38.8. The first-order valence-electron chi connectivity index (χ1n) is 31.0. The molecule has 0 amide bonds. The van der Waals surface area contributed by atoms with E-state index in [4.69, 9.17) is 29.4 Å². The average Bonchev–Trinajstić information content (AvgIpc) is 4.58. The zero-order chi connectivity index (χ0) is 56.8. The summed E-state index contributed by atoms with van der Waals surface area (Å²) in [6.45, 7) is 31.0. The molecule has 17 heteroatoms. The number of hydrogen-bond acceptors (Lipinski definition) is 12. The van der Waals surface area contributed by atoms with Crippen LogP contribution in [0.2, 0.25) is 51.4 Å². The molecule has 1 N–H and O–H groups in total. The Kier molecular flexibility index (Phi) is 20.1. The molecule has 4 aromatic heterocycles. The first-order valence-corrected chi connectivity index (χ1v) is 39.2. The van der Waals surface area contributed by atoms with Crippen LogP contribution in [0.15, 0.2) is 77.5 Å². The Morgan fingerprint density at radius 3 is 1.48 bits per heavy atom. The summed E-state index contributed by atoms with van der Waals surface area (Å²) < 4.78 is 18.5. The number of hydrogen-bond donors (Lipinski definition) is 1. The van der Waals surface area contributed by atoms with Gasteiger partial charge in [0.2, 0.25) is 0 Å². The van der Waals surface area contributed by atoms with Gasteiger partial charge in [-0.05, 0) is 168 Å². The highest BCUT2D eigenvalue weighted by Crippen LogP contribution is 2.44. The molecule has 2 saturated carbocycles. The number of nitrogens with zero attached hydrogens (tertiary/aromatic N) is 11. The van der Waals surface area contributed by atoms with Crippen LogP contribution in [0.3, 0.4) is 0 Å². The van der Waals surface area contributed by atoms with E-state index in [1.165, 1.54) is 104 Å². The molecule has 14 nitrogen and oxygen atoms in total. The molecule has 12 rings (SSSR count). The van der Waals surface area contributed by atoms with Crippen molar-refractivity contribution in [3.8, 4) is 0 Å². The molecule has 4 saturated heterocycles. The summed E-state index contributed by atoms with van der Waals surface area (Å²) in [5, 5.41) is 3.36. The third-order valence-corrected chi connectivity index (χ3v) is 22.1. The summed E-state index contributed by atoms with van der Waals surface area (Å²) in [6, 6.07) is 26.6. The first kappa shape index (κ1) is 60.2. The Hall–Kier alpha value is -3.89. The average molecular weight is 1200 g/mol. The molecule has 0 bridgehead atoms. The van der Waals surface area contributed by atoms with Crippen LogP contribution in [0.1, 0.15) is 123 Å². The number of nitrogens with one attached hydrogen (secondary N) is 1. The van der Waals surface area contributed by atoms with Gasteiger partial charge in [0.1, 0.15) is 25.1 Å². The molecule has 0 radical (unpaired) electrons. The van der Waals surface area contributed by atoms with Crippen molar-refractivity contribution in [2.75, 3.05) is 84.6 Å². The van der Waals surface area contributed by atoms with Gasteiger partial charge in [-0.15, -0.1) is 0 Å². The predicted octanol–water partition coefficient (Wildman–Crippen LogP) is 13.0. The van der Waals surface area contributed by atoms with Crippen molar-refractivity contribution < 1.29 is 9.47 Å². The molecule has 81 heavy (non-hydrogen) atoms. The number of pyridine rings is 2. The lowest BCUT2D eigenvalue weighted by Crippen LogP contribution is -2.47. The molecule has 2 aliphatic carbocycles. The number of para-hydroxylation sites is 2. The van der Waals surface area contributed by atoms with Crippen LogP contribution in [0, 0.1) is 13.8 Å². The van der Waals surface area contributed by atoms with Gasteiger partial charge in [-0.25, -0.2) is 9.97 Å². The number of fused-ring (bicyclic) bond motifs is 2. The number of piperidine rings is 2. The molecule has 4 aliphatic heterocycles. The van der Waals surface area contributed by atoms with Crippen LogP contribution < -0.4 is 10.2 Å². The largest absolute Gasteiger partial charge is 0.367 e. The van der Waals surface area contributed by atoms with Crippen LogP contribution in [0.5, 0.6) is 0 Å². The topological polar surface area (TPSA) is 108 Å². The van der Waals surface area contributed by atoms with Gasteiger partial charge in [-0.1, -0.05) is 63.5 Å². The van der Waals surface area contributed by atoms with E-state index in [-0.39, 0.29) is 12.1 Å². The van der Waals surface area contributed by atoms with Gasteiger partial charge in [0.25, 0.3) is 0 Å². The van der Waals surface area contributed by atoms with Crippen molar-refractivity contribution >= 4 is 59.8 Å². The third kappa shape index (κ3) is 15.2. The number of piperazine rings is 2. The van der Waals surface area contributed by atoms with Gasteiger partial charge in [-0.2, -0.15) is 0 Å². The summed E-state index contributed by atoms with van der Waals surface area (Å²) in [7, 11) is 2.21. The summed E-state index contributed by atoms with van der Waals surface area (Å²) in [6.07, 6.45) is 16.3. The number of likely N-dealkylation sites (tertiary alicyclic amines) is 2. The lowest BCUT2D eigenvalue weighted by molar-refractivity contribution is 0.0699. The molecule has 6 fully saturated rings.